The Bertz CT molecular complexity index is 1480. The first-order valence-electron chi connectivity index (χ1n) is 14.8. The van der Waals surface area contributed by atoms with Crippen molar-refractivity contribution >= 4 is 33.2 Å². The zero-order valence-corrected chi connectivity index (χ0v) is 25.3. The number of fused-ring (bicyclic) bond motifs is 4. The number of hydrogen-bond donors (Lipinski definition) is 2. The standard InChI is InChI=1S/C32H39ClN2O5S/c1-20-5-11-29(36)26-9-6-24(26)16-35-18-32(13-3-4-22-14-25(33)8-10-27(22)32)19-40-30-12-7-23(15-28(30)35)31(37)34-41(38,39)17-21(20)2/h5,7-8,10-12,14-15,20-21,24,26,29,36H,3-4,6,9,13,16-19H2,1-2H3,(H,34,37)/b11-5+/t20-,21+,24-,26+,29+,32-/m0/s1. The number of benzene rings is 2. The molecule has 2 N–H and O–H groups in total. The van der Waals surface area contributed by atoms with E-state index in [9.17, 15) is 18.3 Å². The molecule has 220 valence electrons. The van der Waals surface area contributed by atoms with Crippen molar-refractivity contribution in [2.75, 3.05) is 30.3 Å². The molecule has 0 unspecified atom stereocenters. The van der Waals surface area contributed by atoms with E-state index in [0.29, 0.717) is 25.4 Å². The largest absolute Gasteiger partial charge is 0.490 e. The third kappa shape index (κ3) is 5.63. The number of carbonyl (C=O) groups excluding carboxylic acids is 1. The molecule has 6 rings (SSSR count). The van der Waals surface area contributed by atoms with Crippen LogP contribution in [0.5, 0.6) is 5.75 Å². The lowest BCUT2D eigenvalue weighted by atomic mass is 9.68. The van der Waals surface area contributed by atoms with Crippen molar-refractivity contribution in [2.45, 2.75) is 57.5 Å². The summed E-state index contributed by atoms with van der Waals surface area (Å²) < 4.78 is 34.7. The van der Waals surface area contributed by atoms with E-state index >= 15 is 0 Å². The van der Waals surface area contributed by atoms with Crippen LogP contribution in [0.25, 0.3) is 0 Å². The van der Waals surface area contributed by atoms with Gasteiger partial charge < -0.3 is 14.7 Å². The van der Waals surface area contributed by atoms with E-state index in [-0.39, 0.29) is 40.4 Å². The summed E-state index contributed by atoms with van der Waals surface area (Å²) in [6.45, 7) is 5.71. The van der Waals surface area contributed by atoms with Gasteiger partial charge in [0.05, 0.1) is 24.2 Å². The summed E-state index contributed by atoms with van der Waals surface area (Å²) >= 11 is 6.38. The Balaban J connectivity index is 1.42. The van der Waals surface area contributed by atoms with Crippen LogP contribution in [0.1, 0.15) is 61.0 Å². The number of allylic oxidation sites excluding steroid dienone is 1. The second-order valence-electron chi connectivity index (χ2n) is 12.7. The van der Waals surface area contributed by atoms with E-state index in [4.69, 9.17) is 16.3 Å². The number of aliphatic hydroxyl groups excluding tert-OH is 1. The Labute approximate surface area is 248 Å². The molecular formula is C32H39ClN2O5S. The Morgan fingerprint density at radius 2 is 1.95 bits per heavy atom. The quantitative estimate of drug-likeness (QED) is 0.410. The molecule has 1 fully saturated rings. The first kappa shape index (κ1) is 28.6. The normalized spacial score (nSPS) is 33.8. The molecule has 6 atom stereocenters. The lowest BCUT2D eigenvalue weighted by Gasteiger charge is -2.45. The van der Waals surface area contributed by atoms with Gasteiger partial charge in [0, 0.05) is 29.1 Å². The number of sulfonamides is 1. The number of rotatable bonds is 0. The second-order valence-corrected chi connectivity index (χ2v) is 14.9. The fraction of sp³-hybridized carbons (Fsp3) is 0.531. The first-order valence-corrected chi connectivity index (χ1v) is 16.8. The Kier molecular flexibility index (Phi) is 7.62. The number of aliphatic hydroxyl groups is 1. The fourth-order valence-corrected chi connectivity index (χ4v) is 8.84. The molecule has 9 heteroatoms. The summed E-state index contributed by atoms with van der Waals surface area (Å²) in [4.78, 5) is 15.6. The molecule has 0 aromatic heterocycles. The molecular weight excluding hydrogens is 560 g/mol. The third-order valence-electron chi connectivity index (χ3n) is 9.91. The zero-order chi connectivity index (χ0) is 28.9. The van der Waals surface area contributed by atoms with E-state index in [2.05, 4.69) is 21.8 Å². The first-order chi connectivity index (χ1) is 19.5. The van der Waals surface area contributed by atoms with Gasteiger partial charge in [0.1, 0.15) is 5.75 Å². The molecule has 2 bridgehead atoms. The molecule has 2 aliphatic carbocycles. The maximum absolute atomic E-state index is 13.2. The van der Waals surface area contributed by atoms with Gasteiger partial charge in [-0.1, -0.05) is 43.7 Å². The van der Waals surface area contributed by atoms with E-state index in [0.717, 1.165) is 42.8 Å². The smallest absolute Gasteiger partial charge is 0.264 e. The van der Waals surface area contributed by atoms with Crippen LogP contribution >= 0.6 is 11.6 Å². The van der Waals surface area contributed by atoms with Crippen molar-refractivity contribution in [1.82, 2.24) is 4.72 Å². The lowest BCUT2D eigenvalue weighted by molar-refractivity contribution is 0.0454. The summed E-state index contributed by atoms with van der Waals surface area (Å²) in [6, 6.07) is 11.4. The van der Waals surface area contributed by atoms with Gasteiger partial charge in [-0.25, -0.2) is 13.1 Å². The molecule has 0 radical (unpaired) electrons. The van der Waals surface area contributed by atoms with Gasteiger partial charge in [-0.2, -0.15) is 0 Å². The Morgan fingerprint density at radius 1 is 1.12 bits per heavy atom. The number of ether oxygens (including phenoxy) is 1. The molecule has 2 aromatic rings. The maximum atomic E-state index is 13.2. The molecule has 1 amide bonds. The molecule has 2 heterocycles. The lowest BCUT2D eigenvalue weighted by Crippen LogP contribution is -2.49. The highest BCUT2D eigenvalue weighted by atomic mass is 35.5. The van der Waals surface area contributed by atoms with Crippen LogP contribution in [0.2, 0.25) is 5.02 Å². The number of hydrogen-bond acceptors (Lipinski definition) is 6. The summed E-state index contributed by atoms with van der Waals surface area (Å²) in [5.74, 6) is -0.0304. The monoisotopic (exact) mass is 598 g/mol. The highest BCUT2D eigenvalue weighted by molar-refractivity contribution is 7.90. The number of nitrogens with zero attached hydrogens (tertiary/aromatic N) is 1. The molecule has 41 heavy (non-hydrogen) atoms. The SMILES string of the molecule is C[C@@H]1CS(=O)(=O)NC(=O)c2ccc3c(c2)N(C[C@@H]2CC[C@H]2[C@H](O)/C=C/[C@@H]1C)C[C@@]1(CCCc2cc(Cl)ccc21)CO3. The number of carbonyl (C=O) groups is 1. The van der Waals surface area contributed by atoms with Crippen LogP contribution in [0, 0.1) is 23.7 Å². The van der Waals surface area contributed by atoms with Crippen molar-refractivity contribution in [2.24, 2.45) is 23.7 Å². The van der Waals surface area contributed by atoms with Gasteiger partial charge in [-0.15, -0.1) is 0 Å². The summed E-state index contributed by atoms with van der Waals surface area (Å²) in [6.07, 6.45) is 8.11. The molecule has 0 saturated heterocycles. The van der Waals surface area contributed by atoms with Crippen LogP contribution < -0.4 is 14.4 Å². The minimum absolute atomic E-state index is 0.0730. The number of amides is 1. The van der Waals surface area contributed by atoms with E-state index < -0.39 is 22.0 Å². The highest BCUT2D eigenvalue weighted by Gasteiger charge is 2.44. The summed E-state index contributed by atoms with van der Waals surface area (Å²) in [7, 11) is -3.86. The molecule has 7 nitrogen and oxygen atoms in total. The van der Waals surface area contributed by atoms with Crippen LogP contribution in [0.3, 0.4) is 0 Å². The molecule has 1 spiro atoms. The predicted molar refractivity (Wildman–Crippen MR) is 161 cm³/mol. The Morgan fingerprint density at radius 3 is 2.73 bits per heavy atom. The van der Waals surface area contributed by atoms with Gasteiger partial charge in [0.2, 0.25) is 10.0 Å². The van der Waals surface area contributed by atoms with Gasteiger partial charge in [-0.3, -0.25) is 4.79 Å². The second kappa shape index (κ2) is 10.9. The van der Waals surface area contributed by atoms with E-state index in [1.807, 2.05) is 32.1 Å². The van der Waals surface area contributed by atoms with Crippen LogP contribution in [-0.4, -0.2) is 51.0 Å². The van der Waals surface area contributed by atoms with Gasteiger partial charge in [0.15, 0.2) is 0 Å². The van der Waals surface area contributed by atoms with Crippen molar-refractivity contribution < 1.29 is 23.1 Å². The third-order valence-corrected chi connectivity index (χ3v) is 11.6. The molecule has 2 aliphatic heterocycles. The van der Waals surface area contributed by atoms with Crippen LogP contribution in [-0.2, 0) is 21.9 Å². The molecule has 2 aromatic carbocycles. The maximum Gasteiger partial charge on any atom is 0.264 e. The van der Waals surface area contributed by atoms with Crippen LogP contribution in [0.15, 0.2) is 48.6 Å². The summed E-state index contributed by atoms with van der Waals surface area (Å²) in [5, 5.41) is 11.9. The molecule has 4 aliphatic rings. The molecule has 1 saturated carbocycles. The van der Waals surface area contributed by atoms with Crippen molar-refractivity contribution in [1.29, 1.82) is 0 Å². The Hall–Kier alpha value is -2.55. The van der Waals surface area contributed by atoms with E-state index in [1.165, 1.54) is 11.1 Å². The average molecular weight is 599 g/mol. The number of nitrogens with one attached hydrogen (secondary N) is 1. The number of anilines is 1. The van der Waals surface area contributed by atoms with Gasteiger partial charge >= 0.3 is 0 Å². The van der Waals surface area contributed by atoms with E-state index in [1.54, 1.807) is 18.2 Å². The van der Waals surface area contributed by atoms with Crippen LogP contribution in [0.4, 0.5) is 5.69 Å². The number of aryl methyl sites for hydroxylation is 1. The van der Waals surface area contributed by atoms with Crippen molar-refractivity contribution in [3.63, 3.8) is 0 Å². The number of halogens is 1. The fourth-order valence-electron chi connectivity index (χ4n) is 7.17. The predicted octanol–water partition coefficient (Wildman–Crippen LogP) is 5.10. The summed E-state index contributed by atoms with van der Waals surface area (Å²) in [5.41, 5.74) is 3.33. The highest BCUT2D eigenvalue weighted by Crippen LogP contribution is 2.46. The zero-order valence-electron chi connectivity index (χ0n) is 23.7. The minimum Gasteiger partial charge on any atom is -0.490 e. The van der Waals surface area contributed by atoms with Gasteiger partial charge in [-0.05, 0) is 97.2 Å². The van der Waals surface area contributed by atoms with Crippen molar-refractivity contribution in [3.05, 3.63) is 70.3 Å². The topological polar surface area (TPSA) is 95.9 Å². The van der Waals surface area contributed by atoms with Gasteiger partial charge in [0.25, 0.3) is 5.91 Å². The average Bonchev–Trinajstić information content (AvgIpc) is 3.05. The van der Waals surface area contributed by atoms with Crippen molar-refractivity contribution in [3.8, 4) is 5.75 Å². The minimum atomic E-state index is -3.86.